The smallest absolute Gasteiger partial charge is 0.333 e. The molecule has 2 heterocycles. The Morgan fingerprint density at radius 2 is 1.82 bits per heavy atom. The highest BCUT2D eigenvalue weighted by Crippen LogP contribution is 3.02. The van der Waals surface area contributed by atoms with Gasteiger partial charge in [0.2, 0.25) is 0 Å². The molecule has 0 saturated carbocycles. The van der Waals surface area contributed by atoms with E-state index >= 15 is 0 Å². The number of aryl methyl sites for hydroxylation is 1. The van der Waals surface area contributed by atoms with E-state index in [9.17, 15) is 24.2 Å². The third-order valence-corrected chi connectivity index (χ3v) is 4.93. The van der Waals surface area contributed by atoms with Crippen LogP contribution in [0.2, 0.25) is 0 Å². The van der Waals surface area contributed by atoms with Crippen LogP contribution in [0.1, 0.15) is 17.3 Å². The summed E-state index contributed by atoms with van der Waals surface area (Å²) in [6.07, 6.45) is 1.23. The number of nitrogens with zero attached hydrogens (tertiary/aromatic N) is 4. The number of rotatable bonds is 5. The molecule has 1 N–H and O–H groups in total. The maximum absolute atomic E-state index is 12.9. The van der Waals surface area contributed by atoms with Gasteiger partial charge in [0, 0.05) is 11.8 Å². The van der Waals surface area contributed by atoms with E-state index in [2.05, 4.69) is 25.1 Å². The number of carbonyl (C=O) groups is 1. The standard InChI is InChI=1S/C15H14F5N5O2S/c1-9-7-12(25-15(23-9)21-8-22-25)24-13(14(26)27-2)10-3-5-11(6-4-10)28(16,17,18,19)20/h3-8,13,24H,1-2H3. The lowest BCUT2D eigenvalue weighted by Crippen LogP contribution is -2.24. The fourth-order valence-corrected chi connectivity index (χ4v) is 3.15. The first-order valence-electron chi connectivity index (χ1n) is 7.64. The topological polar surface area (TPSA) is 81.4 Å². The molecule has 152 valence electrons. The Kier molecular flexibility index (Phi) is 4.08. The van der Waals surface area contributed by atoms with Crippen LogP contribution < -0.4 is 5.32 Å². The molecule has 0 spiro atoms. The summed E-state index contributed by atoms with van der Waals surface area (Å²) in [7, 11) is -8.73. The van der Waals surface area contributed by atoms with E-state index in [1.165, 1.54) is 16.9 Å². The zero-order chi connectivity index (χ0) is 20.8. The molecule has 2 aromatic heterocycles. The van der Waals surface area contributed by atoms with E-state index in [-0.39, 0.29) is 29.3 Å². The minimum atomic E-state index is -9.81. The Morgan fingerprint density at radius 3 is 2.39 bits per heavy atom. The minimum absolute atomic E-state index is 0.0137. The Balaban J connectivity index is 2.02. The van der Waals surface area contributed by atoms with Crippen LogP contribution in [0.5, 0.6) is 0 Å². The number of hydrogen-bond donors (Lipinski definition) is 1. The predicted octanol–water partition coefficient (Wildman–Crippen LogP) is 4.42. The fraction of sp³-hybridized carbons (Fsp3) is 0.200. The van der Waals surface area contributed by atoms with Crippen molar-refractivity contribution in [3.05, 3.63) is 47.9 Å². The van der Waals surface area contributed by atoms with Crippen molar-refractivity contribution < 1.29 is 29.0 Å². The largest absolute Gasteiger partial charge is 0.467 e. The van der Waals surface area contributed by atoms with Gasteiger partial charge in [-0.25, -0.2) is 9.78 Å². The summed E-state index contributed by atoms with van der Waals surface area (Å²) in [6.45, 7) is 1.66. The molecule has 13 heteroatoms. The second-order valence-corrected chi connectivity index (χ2v) is 8.30. The van der Waals surface area contributed by atoms with E-state index in [0.29, 0.717) is 5.69 Å². The van der Waals surface area contributed by atoms with Crippen LogP contribution in [0.25, 0.3) is 5.78 Å². The summed E-state index contributed by atoms with van der Waals surface area (Å²) in [5, 5.41) is 6.72. The van der Waals surface area contributed by atoms with E-state index in [0.717, 1.165) is 19.2 Å². The van der Waals surface area contributed by atoms with Gasteiger partial charge >= 0.3 is 16.2 Å². The minimum Gasteiger partial charge on any atom is -0.467 e. The second kappa shape index (κ2) is 5.77. The number of carbonyl (C=O) groups excluding carboxylic acids is 1. The normalized spacial score (nSPS) is 15.5. The Labute approximate surface area is 155 Å². The molecule has 0 aliphatic rings. The second-order valence-electron chi connectivity index (χ2n) is 5.89. The summed E-state index contributed by atoms with van der Waals surface area (Å²) >= 11 is 0. The van der Waals surface area contributed by atoms with Crippen molar-refractivity contribution >= 4 is 27.8 Å². The summed E-state index contributed by atoms with van der Waals surface area (Å²) in [4.78, 5) is 18.2. The lowest BCUT2D eigenvalue weighted by molar-refractivity contribution is -0.141. The van der Waals surface area contributed by atoms with Gasteiger partial charge in [-0.05, 0) is 24.6 Å². The third kappa shape index (κ3) is 3.98. The third-order valence-electron chi connectivity index (χ3n) is 3.77. The van der Waals surface area contributed by atoms with Gasteiger partial charge in [0.05, 0.1) is 7.11 Å². The molecular weight excluding hydrogens is 409 g/mol. The highest BCUT2D eigenvalue weighted by Gasteiger charge is 2.65. The quantitative estimate of drug-likeness (QED) is 0.484. The molecule has 0 amide bonds. The summed E-state index contributed by atoms with van der Waals surface area (Å²) in [6, 6.07) is 2.28. The number of halogens is 5. The number of aromatic nitrogens is 4. The Bertz CT molecular complexity index is 1050. The lowest BCUT2D eigenvalue weighted by Gasteiger charge is -2.40. The van der Waals surface area contributed by atoms with Crippen molar-refractivity contribution in [2.24, 2.45) is 0 Å². The number of benzene rings is 1. The first kappa shape index (κ1) is 19.8. The molecule has 3 aromatic rings. The van der Waals surface area contributed by atoms with E-state index in [4.69, 9.17) is 0 Å². The molecule has 0 bridgehead atoms. The van der Waals surface area contributed by atoms with Crippen LogP contribution in [-0.4, -0.2) is 32.7 Å². The summed E-state index contributed by atoms with van der Waals surface area (Å²) in [5.41, 5.74) is 0.517. The number of methoxy groups -OCH3 is 1. The molecule has 1 aromatic carbocycles. The molecule has 28 heavy (non-hydrogen) atoms. The van der Waals surface area contributed by atoms with E-state index < -0.39 is 27.1 Å². The number of esters is 1. The molecule has 0 fully saturated rings. The van der Waals surface area contributed by atoms with Crippen molar-refractivity contribution in [2.75, 3.05) is 12.4 Å². The van der Waals surface area contributed by atoms with Crippen molar-refractivity contribution in [3.8, 4) is 0 Å². The maximum atomic E-state index is 12.9. The number of ether oxygens (including phenoxy) is 1. The first-order valence-corrected chi connectivity index (χ1v) is 9.59. The van der Waals surface area contributed by atoms with Crippen molar-refractivity contribution in [1.29, 1.82) is 0 Å². The average molecular weight is 423 g/mol. The Hall–Kier alpha value is -2.96. The van der Waals surface area contributed by atoms with Crippen LogP contribution in [0.3, 0.4) is 0 Å². The lowest BCUT2D eigenvalue weighted by atomic mass is 10.1. The fourth-order valence-electron chi connectivity index (χ4n) is 2.49. The highest BCUT2D eigenvalue weighted by molar-refractivity contribution is 8.45. The van der Waals surface area contributed by atoms with E-state index in [1.807, 2.05) is 0 Å². The van der Waals surface area contributed by atoms with Gasteiger partial charge in [0.25, 0.3) is 5.78 Å². The average Bonchev–Trinajstić information content (AvgIpc) is 3.05. The van der Waals surface area contributed by atoms with Crippen molar-refractivity contribution in [2.45, 2.75) is 17.9 Å². The van der Waals surface area contributed by atoms with Gasteiger partial charge < -0.3 is 10.1 Å². The molecule has 3 rings (SSSR count). The van der Waals surface area contributed by atoms with Gasteiger partial charge in [-0.1, -0.05) is 31.6 Å². The van der Waals surface area contributed by atoms with Crippen molar-refractivity contribution in [1.82, 2.24) is 19.6 Å². The van der Waals surface area contributed by atoms with Crippen LogP contribution in [-0.2, 0) is 9.53 Å². The summed E-state index contributed by atoms with van der Waals surface area (Å²) < 4.78 is 70.5. The van der Waals surface area contributed by atoms with Crippen LogP contribution >= 0.6 is 10.2 Å². The summed E-state index contributed by atoms with van der Waals surface area (Å²) in [5.74, 6) is -0.364. The number of anilines is 1. The molecule has 7 nitrogen and oxygen atoms in total. The van der Waals surface area contributed by atoms with Crippen molar-refractivity contribution in [3.63, 3.8) is 0 Å². The SMILES string of the molecule is COC(=O)C(Nc1cc(C)nc2ncnn12)c1ccc(S(F)(F)(F)(F)F)cc1. The highest BCUT2D eigenvalue weighted by atomic mass is 32.5. The van der Waals surface area contributed by atoms with Crippen LogP contribution in [0.4, 0.5) is 25.2 Å². The molecule has 0 saturated heterocycles. The molecule has 0 aliphatic carbocycles. The Morgan fingerprint density at radius 1 is 1.18 bits per heavy atom. The van der Waals surface area contributed by atoms with Crippen LogP contribution in [0, 0.1) is 6.92 Å². The van der Waals surface area contributed by atoms with Gasteiger partial charge in [0.1, 0.15) is 17.0 Å². The van der Waals surface area contributed by atoms with Gasteiger partial charge in [-0.2, -0.15) is 14.6 Å². The molecule has 1 unspecified atom stereocenters. The molecular formula is C15H14F5N5O2S. The molecule has 0 radical (unpaired) electrons. The van der Waals surface area contributed by atoms with Gasteiger partial charge in [-0.15, -0.1) is 0 Å². The first-order chi connectivity index (χ1) is 12.8. The molecule has 0 aliphatic heterocycles. The number of hydrogen-bond acceptors (Lipinski definition) is 6. The zero-order valence-electron chi connectivity index (χ0n) is 14.4. The number of nitrogens with one attached hydrogen (secondary N) is 1. The maximum Gasteiger partial charge on any atom is 0.333 e. The van der Waals surface area contributed by atoms with Gasteiger partial charge in [0.15, 0.2) is 6.04 Å². The number of fused-ring (bicyclic) bond motifs is 1. The molecule has 1 atom stereocenters. The van der Waals surface area contributed by atoms with Crippen LogP contribution in [0.15, 0.2) is 41.6 Å². The monoisotopic (exact) mass is 423 g/mol. The zero-order valence-corrected chi connectivity index (χ0v) is 15.3. The van der Waals surface area contributed by atoms with E-state index in [1.54, 1.807) is 6.92 Å². The van der Waals surface area contributed by atoms with Gasteiger partial charge in [-0.3, -0.25) is 0 Å². The predicted molar refractivity (Wildman–Crippen MR) is 91.7 cm³/mol.